The molecule has 2 aliphatic heterocycles. The summed E-state index contributed by atoms with van der Waals surface area (Å²) >= 11 is 0. The Kier molecular flexibility index (Phi) is 5.66. The summed E-state index contributed by atoms with van der Waals surface area (Å²) in [4.78, 5) is 17.1. The zero-order valence-corrected chi connectivity index (χ0v) is 14.2. The number of benzene rings is 1. The quantitative estimate of drug-likeness (QED) is 0.800. The zero-order valence-electron chi connectivity index (χ0n) is 14.2. The molecule has 1 aromatic rings. The molecule has 0 N–H and O–H groups in total. The minimum atomic E-state index is 0.0943. The molecule has 2 aliphatic rings. The maximum Gasteiger partial charge on any atom is 0.246 e. The first-order chi connectivity index (χ1) is 11.8. The topological polar surface area (TPSA) is 47.3 Å². The Morgan fingerprint density at radius 3 is 2.83 bits per heavy atom. The summed E-state index contributed by atoms with van der Waals surface area (Å²) in [7, 11) is 0. The molecule has 0 spiro atoms. The van der Waals surface area contributed by atoms with Crippen LogP contribution in [0.4, 0.5) is 0 Å². The third-order valence-electron chi connectivity index (χ3n) is 5.01. The number of nitriles is 1. The molecule has 0 aliphatic carbocycles. The normalized spacial score (nSPS) is 22.0. The van der Waals surface area contributed by atoms with E-state index in [1.807, 2.05) is 23.1 Å². The molecule has 1 amide bonds. The largest absolute Gasteiger partial charge is 0.335 e. The van der Waals surface area contributed by atoms with Crippen molar-refractivity contribution in [1.82, 2.24) is 9.80 Å². The van der Waals surface area contributed by atoms with Gasteiger partial charge in [0, 0.05) is 25.2 Å². The summed E-state index contributed by atoms with van der Waals surface area (Å²) in [5, 5.41) is 8.95. The van der Waals surface area contributed by atoms with Crippen molar-refractivity contribution in [3.63, 3.8) is 0 Å². The molecule has 24 heavy (non-hydrogen) atoms. The summed E-state index contributed by atoms with van der Waals surface area (Å²) in [6, 6.07) is 9.82. The van der Waals surface area contributed by atoms with E-state index < -0.39 is 0 Å². The Hall–Kier alpha value is -2.12. The van der Waals surface area contributed by atoms with E-state index in [2.05, 4.69) is 11.0 Å². The van der Waals surface area contributed by atoms with Crippen molar-refractivity contribution in [2.45, 2.75) is 38.1 Å². The van der Waals surface area contributed by atoms with E-state index in [0.717, 1.165) is 31.5 Å². The van der Waals surface area contributed by atoms with Crippen LogP contribution in [0.15, 0.2) is 30.3 Å². The second-order valence-electron chi connectivity index (χ2n) is 6.76. The van der Waals surface area contributed by atoms with Crippen LogP contribution in [0.25, 0.3) is 6.08 Å². The lowest BCUT2D eigenvalue weighted by Gasteiger charge is -2.32. The van der Waals surface area contributed by atoms with Crippen LogP contribution >= 0.6 is 0 Å². The maximum absolute atomic E-state index is 12.6. The number of likely N-dealkylation sites (tertiary alicyclic amines) is 2. The van der Waals surface area contributed by atoms with Gasteiger partial charge in [0.2, 0.25) is 5.91 Å². The number of carbonyl (C=O) groups excluding carboxylic acids is 1. The highest BCUT2D eigenvalue weighted by atomic mass is 16.2. The first kappa shape index (κ1) is 16.7. The minimum Gasteiger partial charge on any atom is -0.335 e. The van der Waals surface area contributed by atoms with E-state index in [1.54, 1.807) is 18.2 Å². The standard InChI is InChI=1S/C20H25N3O/c21-15-18-7-4-6-17(14-18)9-10-20(24)23-13-5-8-19(23)16-22-11-2-1-3-12-22/h4,6-7,9-10,14,19H,1-3,5,8,11-13,16H2/t19-/m0/s1. The average molecular weight is 323 g/mol. The molecule has 2 saturated heterocycles. The van der Waals surface area contributed by atoms with Crippen LogP contribution in [0.3, 0.4) is 0 Å². The van der Waals surface area contributed by atoms with Crippen molar-refractivity contribution in [2.75, 3.05) is 26.2 Å². The van der Waals surface area contributed by atoms with Crippen molar-refractivity contribution in [3.8, 4) is 6.07 Å². The van der Waals surface area contributed by atoms with Gasteiger partial charge in [-0.1, -0.05) is 18.6 Å². The van der Waals surface area contributed by atoms with Gasteiger partial charge in [0.05, 0.1) is 11.6 Å². The lowest BCUT2D eigenvalue weighted by atomic mass is 10.1. The molecule has 2 heterocycles. The molecular formula is C20H25N3O. The lowest BCUT2D eigenvalue weighted by molar-refractivity contribution is -0.127. The molecule has 0 aromatic heterocycles. The van der Waals surface area contributed by atoms with Gasteiger partial charge >= 0.3 is 0 Å². The van der Waals surface area contributed by atoms with Crippen LogP contribution in [0.2, 0.25) is 0 Å². The summed E-state index contributed by atoms with van der Waals surface area (Å²) < 4.78 is 0. The van der Waals surface area contributed by atoms with Gasteiger partial charge < -0.3 is 9.80 Å². The van der Waals surface area contributed by atoms with Gasteiger partial charge in [-0.05, 0) is 62.5 Å². The van der Waals surface area contributed by atoms with Gasteiger partial charge in [-0.2, -0.15) is 5.26 Å². The number of nitrogens with zero attached hydrogens (tertiary/aromatic N) is 3. The first-order valence-electron chi connectivity index (χ1n) is 8.97. The molecule has 0 unspecified atom stereocenters. The van der Waals surface area contributed by atoms with E-state index in [9.17, 15) is 4.79 Å². The van der Waals surface area contributed by atoms with E-state index in [4.69, 9.17) is 5.26 Å². The van der Waals surface area contributed by atoms with E-state index in [1.165, 1.54) is 32.4 Å². The predicted octanol–water partition coefficient (Wildman–Crippen LogP) is 3.05. The number of amides is 1. The number of rotatable bonds is 4. The molecule has 1 atom stereocenters. The molecular weight excluding hydrogens is 298 g/mol. The fraction of sp³-hybridized carbons (Fsp3) is 0.500. The maximum atomic E-state index is 12.6. The highest BCUT2D eigenvalue weighted by Crippen LogP contribution is 2.21. The van der Waals surface area contributed by atoms with Gasteiger partial charge in [0.1, 0.15) is 0 Å². The summed E-state index contributed by atoms with van der Waals surface area (Å²) in [6.07, 6.45) is 9.60. The van der Waals surface area contributed by atoms with E-state index in [0.29, 0.717) is 11.6 Å². The van der Waals surface area contributed by atoms with Gasteiger partial charge in [-0.25, -0.2) is 0 Å². The van der Waals surface area contributed by atoms with Gasteiger partial charge in [0.25, 0.3) is 0 Å². The molecule has 2 fully saturated rings. The summed E-state index contributed by atoms with van der Waals surface area (Å²) in [6.45, 7) is 4.23. The zero-order chi connectivity index (χ0) is 16.8. The van der Waals surface area contributed by atoms with Crippen molar-refractivity contribution in [2.24, 2.45) is 0 Å². The van der Waals surface area contributed by atoms with Crippen LogP contribution in [-0.2, 0) is 4.79 Å². The SMILES string of the molecule is N#Cc1cccc(C=CC(=O)N2CCC[C@H]2CN2CCCCC2)c1. The second-order valence-corrected chi connectivity index (χ2v) is 6.76. The fourth-order valence-electron chi connectivity index (χ4n) is 3.73. The molecule has 0 bridgehead atoms. The Labute approximate surface area is 144 Å². The lowest BCUT2D eigenvalue weighted by Crippen LogP contribution is -2.44. The van der Waals surface area contributed by atoms with Crippen LogP contribution < -0.4 is 0 Å². The Bertz CT molecular complexity index is 641. The third-order valence-corrected chi connectivity index (χ3v) is 5.01. The number of carbonyl (C=O) groups is 1. The average Bonchev–Trinajstić information content (AvgIpc) is 3.09. The monoisotopic (exact) mass is 323 g/mol. The Morgan fingerprint density at radius 2 is 2.04 bits per heavy atom. The van der Waals surface area contributed by atoms with Gasteiger partial charge in [0.15, 0.2) is 0 Å². The molecule has 0 saturated carbocycles. The fourth-order valence-corrected chi connectivity index (χ4v) is 3.73. The van der Waals surface area contributed by atoms with Crippen molar-refractivity contribution in [3.05, 3.63) is 41.5 Å². The molecule has 1 aromatic carbocycles. The highest BCUT2D eigenvalue weighted by Gasteiger charge is 2.29. The van der Waals surface area contributed by atoms with Crippen LogP contribution in [0.5, 0.6) is 0 Å². The van der Waals surface area contributed by atoms with Crippen LogP contribution in [0, 0.1) is 11.3 Å². The molecule has 126 valence electrons. The first-order valence-corrected chi connectivity index (χ1v) is 8.97. The molecule has 4 nitrogen and oxygen atoms in total. The van der Waals surface area contributed by atoms with Crippen molar-refractivity contribution in [1.29, 1.82) is 5.26 Å². The molecule has 0 radical (unpaired) electrons. The van der Waals surface area contributed by atoms with Gasteiger partial charge in [-0.15, -0.1) is 0 Å². The van der Waals surface area contributed by atoms with Crippen LogP contribution in [-0.4, -0.2) is 47.9 Å². The molecule has 4 heteroatoms. The number of piperidine rings is 1. The Morgan fingerprint density at radius 1 is 1.21 bits per heavy atom. The van der Waals surface area contributed by atoms with Crippen molar-refractivity contribution < 1.29 is 4.79 Å². The van der Waals surface area contributed by atoms with E-state index >= 15 is 0 Å². The Balaban J connectivity index is 1.60. The van der Waals surface area contributed by atoms with E-state index in [-0.39, 0.29) is 5.91 Å². The third kappa shape index (κ3) is 4.24. The highest BCUT2D eigenvalue weighted by molar-refractivity contribution is 5.92. The van der Waals surface area contributed by atoms with Crippen molar-refractivity contribution >= 4 is 12.0 Å². The number of hydrogen-bond acceptors (Lipinski definition) is 3. The van der Waals surface area contributed by atoms with Gasteiger partial charge in [-0.3, -0.25) is 4.79 Å². The number of hydrogen-bond donors (Lipinski definition) is 0. The van der Waals surface area contributed by atoms with Crippen LogP contribution in [0.1, 0.15) is 43.2 Å². The second kappa shape index (κ2) is 8.12. The minimum absolute atomic E-state index is 0.0943. The summed E-state index contributed by atoms with van der Waals surface area (Å²) in [5.74, 6) is 0.0943. The predicted molar refractivity (Wildman–Crippen MR) is 95.2 cm³/mol. The summed E-state index contributed by atoms with van der Waals surface area (Å²) in [5.41, 5.74) is 1.52. The smallest absolute Gasteiger partial charge is 0.246 e. The molecule has 3 rings (SSSR count).